The number of hydrogen-bond acceptors (Lipinski definition) is 2. The van der Waals surface area contributed by atoms with E-state index in [1.807, 2.05) is 48.5 Å². The lowest BCUT2D eigenvalue weighted by atomic mass is 10.3. The Morgan fingerprint density at radius 2 is 1.06 bits per heavy atom. The fraction of sp³-hybridized carbons (Fsp3) is 0.143. The van der Waals surface area contributed by atoms with E-state index < -0.39 is 0 Å². The molecule has 0 amide bonds. The highest BCUT2D eigenvalue weighted by Crippen LogP contribution is 2.21. The average molecular weight is 466 g/mol. The highest BCUT2D eigenvalue weighted by molar-refractivity contribution is 14.1. The van der Waals surface area contributed by atoms with Crippen molar-refractivity contribution in [3.05, 3.63) is 55.7 Å². The van der Waals surface area contributed by atoms with Crippen LogP contribution in [-0.2, 0) is 0 Å². The predicted octanol–water partition coefficient (Wildman–Crippen LogP) is 4.35. The largest absolute Gasteiger partial charge is 0.489 e. The lowest BCUT2D eigenvalue weighted by Gasteiger charge is -2.10. The second kappa shape index (κ2) is 7.18. The summed E-state index contributed by atoms with van der Waals surface area (Å²) < 4.78 is 13.6. The summed E-state index contributed by atoms with van der Waals surface area (Å²) in [5.74, 6) is 1.81. The summed E-state index contributed by atoms with van der Waals surface area (Å²) in [6.07, 6.45) is 0. The number of rotatable bonds is 5. The molecule has 0 bridgehead atoms. The monoisotopic (exact) mass is 466 g/mol. The van der Waals surface area contributed by atoms with Gasteiger partial charge >= 0.3 is 0 Å². The van der Waals surface area contributed by atoms with Crippen molar-refractivity contribution in [1.29, 1.82) is 0 Å². The highest BCUT2D eigenvalue weighted by atomic mass is 127. The van der Waals surface area contributed by atoms with Crippen molar-refractivity contribution in [3.63, 3.8) is 0 Å². The molecule has 0 aliphatic carbocycles. The molecule has 0 saturated carbocycles. The van der Waals surface area contributed by atoms with Gasteiger partial charge in [0.25, 0.3) is 0 Å². The third-order valence-corrected chi connectivity index (χ3v) is 4.05. The molecule has 2 nitrogen and oxygen atoms in total. The number of hydrogen-bond donors (Lipinski definition) is 0. The minimum absolute atomic E-state index is 0.547. The summed E-state index contributed by atoms with van der Waals surface area (Å²) in [5, 5.41) is 0. The molecule has 0 fully saturated rings. The van der Waals surface area contributed by atoms with Gasteiger partial charge in [0.1, 0.15) is 24.7 Å². The van der Waals surface area contributed by atoms with Crippen LogP contribution in [0.4, 0.5) is 0 Å². The van der Waals surface area contributed by atoms with E-state index in [1.165, 1.54) is 0 Å². The van der Waals surface area contributed by atoms with E-state index in [-0.39, 0.29) is 0 Å². The molecule has 0 aliphatic rings. The van der Waals surface area contributed by atoms with Crippen LogP contribution < -0.4 is 9.47 Å². The van der Waals surface area contributed by atoms with E-state index in [4.69, 9.17) is 9.47 Å². The third-order valence-electron chi connectivity index (χ3n) is 2.27. The van der Waals surface area contributed by atoms with Gasteiger partial charge < -0.3 is 9.47 Å². The summed E-state index contributed by atoms with van der Waals surface area (Å²) in [7, 11) is 0. The Balaban J connectivity index is 1.80. The van der Waals surface area contributed by atoms with Crippen molar-refractivity contribution in [2.75, 3.05) is 13.2 Å². The first-order valence-electron chi connectivity index (χ1n) is 5.52. The Morgan fingerprint density at radius 3 is 1.44 bits per heavy atom. The fourth-order valence-corrected chi connectivity index (χ4v) is 2.51. The topological polar surface area (TPSA) is 18.5 Å². The van der Waals surface area contributed by atoms with Crippen LogP contribution in [0.3, 0.4) is 0 Å². The van der Waals surface area contributed by atoms with Crippen molar-refractivity contribution in [3.8, 4) is 11.5 Å². The molecular formula is C14H12I2O2. The minimum Gasteiger partial charge on any atom is -0.489 e. The molecule has 0 N–H and O–H groups in total. The van der Waals surface area contributed by atoms with Crippen LogP contribution in [0.2, 0.25) is 0 Å². The summed E-state index contributed by atoms with van der Waals surface area (Å²) >= 11 is 4.52. The van der Waals surface area contributed by atoms with Crippen LogP contribution in [-0.4, -0.2) is 13.2 Å². The van der Waals surface area contributed by atoms with Gasteiger partial charge in [-0.3, -0.25) is 0 Å². The van der Waals surface area contributed by atoms with E-state index in [9.17, 15) is 0 Å². The Morgan fingerprint density at radius 1 is 0.667 bits per heavy atom. The van der Waals surface area contributed by atoms with E-state index >= 15 is 0 Å². The van der Waals surface area contributed by atoms with E-state index in [0.29, 0.717) is 13.2 Å². The second-order valence-electron chi connectivity index (χ2n) is 3.56. The smallest absolute Gasteiger partial charge is 0.132 e. The Bertz CT molecular complexity index is 467. The maximum atomic E-state index is 5.66. The zero-order valence-corrected chi connectivity index (χ0v) is 13.9. The van der Waals surface area contributed by atoms with Crippen molar-refractivity contribution >= 4 is 45.2 Å². The number of para-hydroxylation sites is 2. The Labute approximate surface area is 134 Å². The quantitative estimate of drug-likeness (QED) is 0.482. The third kappa shape index (κ3) is 4.01. The first-order valence-corrected chi connectivity index (χ1v) is 7.68. The molecule has 4 heteroatoms. The maximum absolute atomic E-state index is 5.66. The first-order chi connectivity index (χ1) is 8.77. The second-order valence-corrected chi connectivity index (χ2v) is 5.88. The summed E-state index contributed by atoms with van der Waals surface area (Å²) in [5.41, 5.74) is 0. The molecule has 0 saturated heterocycles. The molecule has 0 heterocycles. The van der Waals surface area contributed by atoms with Crippen LogP contribution in [0, 0.1) is 7.14 Å². The molecule has 2 aromatic carbocycles. The van der Waals surface area contributed by atoms with Gasteiger partial charge in [-0.25, -0.2) is 0 Å². The van der Waals surface area contributed by atoms with E-state index in [0.717, 1.165) is 18.6 Å². The molecule has 18 heavy (non-hydrogen) atoms. The molecule has 0 aromatic heterocycles. The van der Waals surface area contributed by atoms with Crippen molar-refractivity contribution in [1.82, 2.24) is 0 Å². The van der Waals surface area contributed by atoms with Crippen LogP contribution in [0.25, 0.3) is 0 Å². The lowest BCUT2D eigenvalue weighted by molar-refractivity contribution is 0.215. The molecule has 0 aliphatic heterocycles. The number of halogens is 2. The molecule has 2 rings (SSSR count). The zero-order chi connectivity index (χ0) is 12.8. The summed E-state index contributed by atoms with van der Waals surface area (Å²) in [6, 6.07) is 15.9. The van der Waals surface area contributed by atoms with Crippen molar-refractivity contribution < 1.29 is 9.47 Å². The Kier molecular flexibility index (Phi) is 5.55. The molecular weight excluding hydrogens is 454 g/mol. The summed E-state index contributed by atoms with van der Waals surface area (Å²) in [6.45, 7) is 1.09. The zero-order valence-electron chi connectivity index (χ0n) is 9.61. The van der Waals surface area contributed by atoms with Crippen LogP contribution in [0.5, 0.6) is 11.5 Å². The number of ether oxygens (including phenoxy) is 2. The van der Waals surface area contributed by atoms with Gasteiger partial charge in [0.2, 0.25) is 0 Å². The van der Waals surface area contributed by atoms with Crippen molar-refractivity contribution in [2.24, 2.45) is 0 Å². The van der Waals surface area contributed by atoms with Gasteiger partial charge in [0.05, 0.1) is 7.14 Å². The van der Waals surface area contributed by atoms with Crippen LogP contribution >= 0.6 is 45.2 Å². The van der Waals surface area contributed by atoms with Gasteiger partial charge in [0, 0.05) is 0 Å². The van der Waals surface area contributed by atoms with Gasteiger partial charge in [-0.15, -0.1) is 0 Å². The SMILES string of the molecule is Ic1ccccc1OCCOc1ccccc1I. The minimum atomic E-state index is 0.547. The Hall–Kier alpha value is -0.500. The molecule has 2 aromatic rings. The molecule has 0 spiro atoms. The molecule has 0 unspecified atom stereocenters. The fourth-order valence-electron chi connectivity index (χ4n) is 1.43. The summed E-state index contributed by atoms with van der Waals surface area (Å²) in [4.78, 5) is 0. The van der Waals surface area contributed by atoms with Crippen molar-refractivity contribution in [2.45, 2.75) is 0 Å². The van der Waals surface area contributed by atoms with Gasteiger partial charge in [-0.1, -0.05) is 24.3 Å². The number of benzene rings is 2. The predicted molar refractivity (Wildman–Crippen MR) is 89.3 cm³/mol. The molecule has 0 atom stereocenters. The van der Waals surface area contributed by atoms with Crippen LogP contribution in [0.15, 0.2) is 48.5 Å². The van der Waals surface area contributed by atoms with E-state index in [1.54, 1.807) is 0 Å². The van der Waals surface area contributed by atoms with E-state index in [2.05, 4.69) is 45.2 Å². The maximum Gasteiger partial charge on any atom is 0.132 e. The average Bonchev–Trinajstić information content (AvgIpc) is 2.38. The van der Waals surface area contributed by atoms with Gasteiger partial charge in [0.15, 0.2) is 0 Å². The first kappa shape index (κ1) is 13.9. The van der Waals surface area contributed by atoms with Gasteiger partial charge in [-0.05, 0) is 69.4 Å². The highest BCUT2D eigenvalue weighted by Gasteiger charge is 2.01. The normalized spacial score (nSPS) is 10.1. The standard InChI is InChI=1S/C14H12I2O2/c15-11-5-1-3-7-13(11)17-9-10-18-14-8-4-2-6-12(14)16/h1-8H,9-10H2. The van der Waals surface area contributed by atoms with Gasteiger partial charge in [-0.2, -0.15) is 0 Å². The molecule has 94 valence electrons. The lowest BCUT2D eigenvalue weighted by Crippen LogP contribution is -2.10. The molecule has 0 radical (unpaired) electrons. The van der Waals surface area contributed by atoms with Crippen LogP contribution in [0.1, 0.15) is 0 Å².